The first-order valence-electron chi connectivity index (χ1n) is 12.2. The van der Waals surface area contributed by atoms with Gasteiger partial charge in [0, 0.05) is 30.2 Å². The Morgan fingerprint density at radius 3 is 2.42 bits per heavy atom. The van der Waals surface area contributed by atoms with Crippen LogP contribution in [0.5, 0.6) is 0 Å². The van der Waals surface area contributed by atoms with Gasteiger partial charge in [0.15, 0.2) is 0 Å². The van der Waals surface area contributed by atoms with Crippen molar-refractivity contribution in [1.29, 1.82) is 0 Å². The fourth-order valence-corrected chi connectivity index (χ4v) is 4.08. The molecule has 0 saturated heterocycles. The van der Waals surface area contributed by atoms with Crippen molar-refractivity contribution in [2.45, 2.75) is 25.5 Å². The number of aromatic nitrogens is 2. The minimum atomic E-state index is -1.10. The highest BCUT2D eigenvalue weighted by atomic mass is 19.1. The molecular formula is C29H29FN4O4. The zero-order valence-corrected chi connectivity index (χ0v) is 20.7. The van der Waals surface area contributed by atoms with E-state index in [1.807, 2.05) is 18.2 Å². The van der Waals surface area contributed by atoms with Crippen LogP contribution in [0.25, 0.3) is 0 Å². The summed E-state index contributed by atoms with van der Waals surface area (Å²) >= 11 is 0. The number of carboxylic acid groups (broad SMARTS) is 1. The van der Waals surface area contributed by atoms with Gasteiger partial charge < -0.3 is 25.0 Å². The molecule has 3 N–H and O–H groups in total. The number of carbonyl (C=O) groups excluding carboxylic acids is 1. The molecule has 9 heteroatoms. The van der Waals surface area contributed by atoms with Gasteiger partial charge >= 0.3 is 6.09 Å². The number of amides is 2. The first kappa shape index (κ1) is 26.6. The van der Waals surface area contributed by atoms with E-state index in [9.17, 15) is 24.2 Å². The minimum Gasteiger partial charge on any atom is -0.465 e. The molecule has 0 bridgehead atoms. The largest absolute Gasteiger partial charge is 0.465 e. The summed E-state index contributed by atoms with van der Waals surface area (Å²) in [6, 6.07) is 22.6. The quantitative estimate of drug-likeness (QED) is 0.272. The summed E-state index contributed by atoms with van der Waals surface area (Å²) in [7, 11) is 0. The molecule has 0 aliphatic heterocycles. The predicted molar refractivity (Wildman–Crippen MR) is 141 cm³/mol. The van der Waals surface area contributed by atoms with Gasteiger partial charge in [0.25, 0.3) is 0 Å². The van der Waals surface area contributed by atoms with Gasteiger partial charge in [-0.05, 0) is 35.7 Å². The smallest absolute Gasteiger partial charge is 0.407 e. The van der Waals surface area contributed by atoms with E-state index < -0.39 is 12.2 Å². The van der Waals surface area contributed by atoms with Gasteiger partial charge in [-0.2, -0.15) is 0 Å². The second-order valence-corrected chi connectivity index (χ2v) is 8.89. The Bertz CT molecular complexity index is 1360. The third kappa shape index (κ3) is 7.27. The van der Waals surface area contributed by atoms with Crippen molar-refractivity contribution in [3.63, 3.8) is 0 Å². The van der Waals surface area contributed by atoms with Crippen LogP contribution < -0.4 is 5.32 Å². The lowest BCUT2D eigenvalue weighted by Gasteiger charge is -2.22. The normalized spacial score (nSPS) is 11.6. The molecular weight excluding hydrogens is 487 g/mol. The van der Waals surface area contributed by atoms with Gasteiger partial charge in [0.2, 0.25) is 5.91 Å². The second-order valence-electron chi connectivity index (χ2n) is 8.89. The van der Waals surface area contributed by atoms with Crippen molar-refractivity contribution in [1.82, 2.24) is 14.5 Å². The van der Waals surface area contributed by atoms with Gasteiger partial charge in [-0.25, -0.2) is 14.2 Å². The van der Waals surface area contributed by atoms with E-state index >= 15 is 0 Å². The first-order chi connectivity index (χ1) is 18.4. The molecule has 0 saturated carbocycles. The number of nitrogens with one attached hydrogen (secondary N) is 1. The lowest BCUT2D eigenvalue weighted by atomic mass is 10.1. The number of nitrogens with zero attached hydrogens (tertiary/aromatic N) is 3. The topological polar surface area (TPSA) is 108 Å². The van der Waals surface area contributed by atoms with Crippen LogP contribution in [0.2, 0.25) is 0 Å². The zero-order valence-electron chi connectivity index (χ0n) is 20.7. The zero-order chi connectivity index (χ0) is 26.9. The van der Waals surface area contributed by atoms with E-state index in [1.165, 1.54) is 11.0 Å². The van der Waals surface area contributed by atoms with Crippen LogP contribution in [0.1, 0.15) is 28.6 Å². The van der Waals surface area contributed by atoms with Gasteiger partial charge in [-0.15, -0.1) is 0 Å². The van der Waals surface area contributed by atoms with Crippen molar-refractivity contribution in [3.05, 3.63) is 120 Å². The van der Waals surface area contributed by atoms with Crippen LogP contribution >= 0.6 is 0 Å². The van der Waals surface area contributed by atoms with Crippen LogP contribution in [0.3, 0.4) is 0 Å². The number of benzene rings is 3. The van der Waals surface area contributed by atoms with Crippen molar-refractivity contribution >= 4 is 17.7 Å². The summed E-state index contributed by atoms with van der Waals surface area (Å²) in [4.78, 5) is 29.7. The van der Waals surface area contributed by atoms with E-state index in [0.717, 1.165) is 5.56 Å². The van der Waals surface area contributed by atoms with Crippen LogP contribution in [0.4, 0.5) is 14.9 Å². The van der Waals surface area contributed by atoms with E-state index in [0.29, 0.717) is 29.1 Å². The molecule has 0 radical (unpaired) electrons. The van der Waals surface area contributed by atoms with Crippen LogP contribution in [0.15, 0.2) is 91.3 Å². The molecule has 1 aromatic heterocycles. The lowest BCUT2D eigenvalue weighted by molar-refractivity contribution is -0.115. The van der Waals surface area contributed by atoms with Crippen molar-refractivity contribution in [3.8, 4) is 0 Å². The fraction of sp³-hybridized carbons (Fsp3) is 0.207. The molecule has 0 aliphatic carbocycles. The standard InChI is InChI=1S/C29H29FN4O4/c30-25-9-5-4-8-23(25)19-33-17-15-31-27(33)18-28(36)32-24-12-10-21(11-13-24)14-16-34(29(37)38)20-26(35)22-6-2-1-3-7-22/h1-13,15,17,26,35H,14,16,18-20H2,(H,32,36)(H,37,38). The van der Waals surface area contributed by atoms with Gasteiger partial charge in [0.05, 0.1) is 25.6 Å². The van der Waals surface area contributed by atoms with Crippen LogP contribution in [-0.2, 0) is 24.2 Å². The lowest BCUT2D eigenvalue weighted by Crippen LogP contribution is -2.35. The Morgan fingerprint density at radius 2 is 1.71 bits per heavy atom. The molecule has 4 aromatic rings. The number of rotatable bonds is 11. The molecule has 8 nitrogen and oxygen atoms in total. The van der Waals surface area contributed by atoms with Crippen LogP contribution in [-0.4, -0.2) is 49.8 Å². The molecule has 1 heterocycles. The maximum Gasteiger partial charge on any atom is 0.407 e. The highest BCUT2D eigenvalue weighted by Crippen LogP contribution is 2.16. The average molecular weight is 517 g/mol. The van der Waals surface area contributed by atoms with Crippen molar-refractivity contribution < 1.29 is 24.2 Å². The molecule has 0 aliphatic rings. The maximum absolute atomic E-state index is 14.0. The van der Waals surface area contributed by atoms with Crippen molar-refractivity contribution in [2.24, 2.45) is 0 Å². The number of hydrogen-bond acceptors (Lipinski definition) is 4. The Balaban J connectivity index is 1.29. The molecule has 196 valence electrons. The van der Waals surface area contributed by atoms with Crippen LogP contribution in [0, 0.1) is 5.82 Å². The molecule has 2 amide bonds. The Morgan fingerprint density at radius 1 is 1.00 bits per heavy atom. The Labute approximate surface area is 220 Å². The monoisotopic (exact) mass is 516 g/mol. The van der Waals surface area contributed by atoms with E-state index in [4.69, 9.17) is 0 Å². The fourth-order valence-electron chi connectivity index (χ4n) is 4.08. The number of imidazole rings is 1. The molecule has 0 spiro atoms. The minimum absolute atomic E-state index is 0.0276. The number of halogens is 1. The van der Waals surface area contributed by atoms with E-state index in [1.54, 1.807) is 71.6 Å². The molecule has 1 atom stereocenters. The summed E-state index contributed by atoms with van der Waals surface area (Å²) in [5.74, 6) is -0.0462. The first-order valence-corrected chi connectivity index (χ1v) is 12.2. The third-order valence-corrected chi connectivity index (χ3v) is 6.18. The summed E-state index contributed by atoms with van der Waals surface area (Å²) in [6.07, 6.45) is 1.76. The van der Waals surface area contributed by atoms with E-state index in [2.05, 4.69) is 10.3 Å². The SMILES string of the molecule is O=C(Cc1nccn1Cc1ccccc1F)Nc1ccc(CCN(CC(O)c2ccccc2)C(=O)O)cc1. The highest BCUT2D eigenvalue weighted by Gasteiger charge is 2.18. The summed E-state index contributed by atoms with van der Waals surface area (Å²) < 4.78 is 15.7. The maximum atomic E-state index is 14.0. The number of aliphatic hydroxyl groups excluding tert-OH is 1. The number of anilines is 1. The molecule has 1 unspecified atom stereocenters. The molecule has 0 fully saturated rings. The van der Waals surface area contributed by atoms with E-state index in [-0.39, 0.29) is 37.8 Å². The average Bonchev–Trinajstić information content (AvgIpc) is 3.35. The molecule has 38 heavy (non-hydrogen) atoms. The molecule has 3 aromatic carbocycles. The summed E-state index contributed by atoms with van der Waals surface area (Å²) in [5, 5.41) is 22.8. The number of hydrogen-bond donors (Lipinski definition) is 3. The van der Waals surface area contributed by atoms with Crippen molar-refractivity contribution in [2.75, 3.05) is 18.4 Å². The molecule has 4 rings (SSSR count). The number of carbonyl (C=O) groups is 2. The van der Waals surface area contributed by atoms with Gasteiger partial charge in [-0.1, -0.05) is 60.7 Å². The second kappa shape index (κ2) is 12.6. The predicted octanol–water partition coefficient (Wildman–Crippen LogP) is 4.51. The highest BCUT2D eigenvalue weighted by molar-refractivity contribution is 5.91. The van der Waals surface area contributed by atoms with Gasteiger partial charge in [0.1, 0.15) is 11.6 Å². The third-order valence-electron chi connectivity index (χ3n) is 6.18. The Hall–Kier alpha value is -4.50. The summed E-state index contributed by atoms with van der Waals surface area (Å²) in [6.45, 7) is 0.468. The Kier molecular flexibility index (Phi) is 8.84. The van der Waals surface area contributed by atoms with Gasteiger partial charge in [-0.3, -0.25) is 4.79 Å². The number of aliphatic hydroxyl groups is 1. The summed E-state index contributed by atoms with van der Waals surface area (Å²) in [5.41, 5.74) is 2.66.